The van der Waals surface area contributed by atoms with Crippen LogP contribution in [0.3, 0.4) is 0 Å². The molecule has 7 heteroatoms. The predicted octanol–water partition coefficient (Wildman–Crippen LogP) is 3.22. The van der Waals surface area contributed by atoms with Crippen molar-refractivity contribution >= 4 is 17.4 Å². The Hall–Kier alpha value is -2.57. The second-order valence-corrected chi connectivity index (χ2v) is 4.65. The molecule has 5 nitrogen and oxygen atoms in total. The molecule has 0 spiro atoms. The SMILES string of the molecule is CCCCNc1cnc(C(=O)Nc2ccc(F)c(F)c2)cn1. The zero-order valence-electron chi connectivity index (χ0n) is 12.1. The number of carbonyl (C=O) groups excluding carboxylic acids is 1. The lowest BCUT2D eigenvalue weighted by atomic mass is 10.3. The highest BCUT2D eigenvalue weighted by molar-refractivity contribution is 6.02. The van der Waals surface area contributed by atoms with Gasteiger partial charge in [0.2, 0.25) is 0 Å². The van der Waals surface area contributed by atoms with Crippen molar-refractivity contribution in [1.82, 2.24) is 9.97 Å². The summed E-state index contributed by atoms with van der Waals surface area (Å²) in [6, 6.07) is 3.11. The molecule has 0 aliphatic rings. The average molecular weight is 306 g/mol. The fourth-order valence-electron chi connectivity index (χ4n) is 1.70. The Kier molecular flexibility index (Phi) is 5.35. The Morgan fingerprint density at radius 3 is 2.64 bits per heavy atom. The van der Waals surface area contributed by atoms with Crippen LogP contribution in [0.2, 0.25) is 0 Å². The Balaban J connectivity index is 1.98. The second kappa shape index (κ2) is 7.44. The van der Waals surface area contributed by atoms with Gasteiger partial charge < -0.3 is 10.6 Å². The molecule has 0 aliphatic carbocycles. The number of hydrogen-bond acceptors (Lipinski definition) is 4. The van der Waals surface area contributed by atoms with Crippen LogP contribution >= 0.6 is 0 Å². The summed E-state index contributed by atoms with van der Waals surface area (Å²) in [5.74, 6) is -1.96. The first-order valence-corrected chi connectivity index (χ1v) is 6.92. The monoisotopic (exact) mass is 306 g/mol. The average Bonchev–Trinajstić information content (AvgIpc) is 2.52. The molecule has 0 bridgehead atoms. The number of anilines is 2. The minimum absolute atomic E-state index is 0.0887. The molecule has 2 N–H and O–H groups in total. The number of nitrogens with zero attached hydrogens (tertiary/aromatic N) is 2. The highest BCUT2D eigenvalue weighted by Gasteiger charge is 2.10. The molecule has 0 unspecified atom stereocenters. The van der Waals surface area contributed by atoms with Crippen molar-refractivity contribution in [2.75, 3.05) is 17.2 Å². The van der Waals surface area contributed by atoms with Crippen LogP contribution in [-0.4, -0.2) is 22.4 Å². The number of rotatable bonds is 6. The first-order chi connectivity index (χ1) is 10.6. The normalized spacial score (nSPS) is 10.3. The third-order valence-electron chi connectivity index (χ3n) is 2.90. The van der Waals surface area contributed by atoms with Gasteiger partial charge in [0.1, 0.15) is 11.5 Å². The van der Waals surface area contributed by atoms with Gasteiger partial charge in [-0.25, -0.2) is 18.7 Å². The predicted molar refractivity (Wildman–Crippen MR) is 79.7 cm³/mol. The largest absolute Gasteiger partial charge is 0.369 e. The van der Waals surface area contributed by atoms with E-state index in [1.165, 1.54) is 18.5 Å². The first kappa shape index (κ1) is 15.8. The third-order valence-corrected chi connectivity index (χ3v) is 2.90. The smallest absolute Gasteiger partial charge is 0.275 e. The summed E-state index contributed by atoms with van der Waals surface area (Å²) >= 11 is 0. The summed E-state index contributed by atoms with van der Waals surface area (Å²) in [6.07, 6.45) is 4.86. The van der Waals surface area contributed by atoms with Gasteiger partial charge in [0.15, 0.2) is 11.6 Å². The molecule has 0 radical (unpaired) electrons. The summed E-state index contributed by atoms with van der Waals surface area (Å²) in [5.41, 5.74) is 0.238. The van der Waals surface area contributed by atoms with Gasteiger partial charge in [-0.2, -0.15) is 0 Å². The molecule has 22 heavy (non-hydrogen) atoms. The zero-order valence-corrected chi connectivity index (χ0v) is 12.1. The van der Waals surface area contributed by atoms with Crippen molar-refractivity contribution in [2.45, 2.75) is 19.8 Å². The van der Waals surface area contributed by atoms with E-state index in [9.17, 15) is 13.6 Å². The van der Waals surface area contributed by atoms with Crippen molar-refractivity contribution < 1.29 is 13.6 Å². The summed E-state index contributed by atoms with van der Waals surface area (Å²) in [6.45, 7) is 2.87. The van der Waals surface area contributed by atoms with Gasteiger partial charge in [0, 0.05) is 18.3 Å². The molecule has 2 aromatic rings. The number of benzene rings is 1. The highest BCUT2D eigenvalue weighted by atomic mass is 19.2. The van der Waals surface area contributed by atoms with Gasteiger partial charge in [-0.05, 0) is 18.6 Å². The molecule has 2 rings (SSSR count). The maximum Gasteiger partial charge on any atom is 0.275 e. The van der Waals surface area contributed by atoms with Crippen LogP contribution < -0.4 is 10.6 Å². The molecular formula is C15H16F2N4O. The number of nitrogens with one attached hydrogen (secondary N) is 2. The highest BCUT2D eigenvalue weighted by Crippen LogP contribution is 2.14. The summed E-state index contributed by atoms with van der Waals surface area (Å²) in [4.78, 5) is 20.0. The van der Waals surface area contributed by atoms with E-state index in [2.05, 4.69) is 27.5 Å². The summed E-state index contributed by atoms with van der Waals surface area (Å²) in [5, 5.41) is 5.51. The van der Waals surface area contributed by atoms with Crippen LogP contribution in [0.15, 0.2) is 30.6 Å². The maximum absolute atomic E-state index is 13.1. The number of aromatic nitrogens is 2. The minimum atomic E-state index is -1.03. The van der Waals surface area contributed by atoms with Gasteiger partial charge in [0.05, 0.1) is 12.4 Å². The van der Waals surface area contributed by atoms with Crippen LogP contribution in [0.5, 0.6) is 0 Å². The number of amides is 1. The summed E-state index contributed by atoms with van der Waals surface area (Å²) < 4.78 is 25.9. The van der Waals surface area contributed by atoms with Crippen LogP contribution in [0.4, 0.5) is 20.3 Å². The van der Waals surface area contributed by atoms with E-state index in [1.54, 1.807) is 0 Å². The van der Waals surface area contributed by atoms with Crippen molar-refractivity contribution in [3.8, 4) is 0 Å². The second-order valence-electron chi connectivity index (χ2n) is 4.65. The van der Waals surface area contributed by atoms with Crippen LogP contribution in [0, 0.1) is 11.6 Å². The Labute approximate surface area is 126 Å². The zero-order chi connectivity index (χ0) is 15.9. The molecule has 0 saturated heterocycles. The van der Waals surface area contributed by atoms with E-state index in [-0.39, 0.29) is 11.4 Å². The van der Waals surface area contributed by atoms with Crippen molar-refractivity contribution in [3.05, 3.63) is 47.9 Å². The summed E-state index contributed by atoms with van der Waals surface area (Å²) in [7, 11) is 0. The van der Waals surface area contributed by atoms with E-state index >= 15 is 0 Å². The third kappa shape index (κ3) is 4.21. The van der Waals surface area contributed by atoms with E-state index in [1.807, 2.05) is 0 Å². The number of halogens is 2. The van der Waals surface area contributed by atoms with E-state index in [0.29, 0.717) is 5.82 Å². The topological polar surface area (TPSA) is 66.9 Å². The van der Waals surface area contributed by atoms with Crippen molar-refractivity contribution in [1.29, 1.82) is 0 Å². The Morgan fingerprint density at radius 2 is 2.00 bits per heavy atom. The van der Waals surface area contributed by atoms with Crippen molar-refractivity contribution in [2.24, 2.45) is 0 Å². The molecule has 0 saturated carbocycles. The van der Waals surface area contributed by atoms with Gasteiger partial charge in [-0.1, -0.05) is 13.3 Å². The van der Waals surface area contributed by atoms with Crippen LogP contribution in [0.25, 0.3) is 0 Å². The van der Waals surface area contributed by atoms with E-state index < -0.39 is 17.5 Å². The lowest BCUT2D eigenvalue weighted by Crippen LogP contribution is -2.15. The fraction of sp³-hybridized carbons (Fsp3) is 0.267. The lowest BCUT2D eigenvalue weighted by molar-refractivity contribution is 0.102. The van der Waals surface area contributed by atoms with E-state index in [4.69, 9.17) is 0 Å². The van der Waals surface area contributed by atoms with Gasteiger partial charge in [-0.3, -0.25) is 4.79 Å². The standard InChI is InChI=1S/C15H16F2N4O/c1-2-3-6-18-14-9-19-13(8-20-14)15(22)21-10-4-5-11(16)12(17)7-10/h4-5,7-9H,2-3,6H2,1H3,(H,18,20)(H,21,22). The van der Waals surface area contributed by atoms with Gasteiger partial charge >= 0.3 is 0 Å². The van der Waals surface area contributed by atoms with Crippen LogP contribution in [0.1, 0.15) is 30.3 Å². The van der Waals surface area contributed by atoms with E-state index in [0.717, 1.165) is 31.5 Å². The number of unbranched alkanes of at least 4 members (excludes halogenated alkanes) is 1. The first-order valence-electron chi connectivity index (χ1n) is 6.92. The minimum Gasteiger partial charge on any atom is -0.369 e. The van der Waals surface area contributed by atoms with Gasteiger partial charge in [0.25, 0.3) is 5.91 Å². The molecule has 1 aromatic heterocycles. The fourth-order valence-corrected chi connectivity index (χ4v) is 1.70. The van der Waals surface area contributed by atoms with Gasteiger partial charge in [-0.15, -0.1) is 0 Å². The molecular weight excluding hydrogens is 290 g/mol. The molecule has 1 amide bonds. The molecule has 1 heterocycles. The Morgan fingerprint density at radius 1 is 1.18 bits per heavy atom. The van der Waals surface area contributed by atoms with Crippen LogP contribution in [-0.2, 0) is 0 Å². The molecule has 0 fully saturated rings. The molecule has 1 aromatic carbocycles. The lowest BCUT2D eigenvalue weighted by Gasteiger charge is -2.06. The van der Waals surface area contributed by atoms with Crippen molar-refractivity contribution in [3.63, 3.8) is 0 Å². The number of carbonyl (C=O) groups is 1. The number of hydrogen-bond donors (Lipinski definition) is 2. The molecule has 0 atom stereocenters. The molecule has 116 valence electrons. The molecule has 0 aliphatic heterocycles. The maximum atomic E-state index is 13.1. The Bertz CT molecular complexity index is 646. The quantitative estimate of drug-likeness (QED) is 0.804.